The smallest absolute Gasteiger partial charge is 0.119 e. The standard InChI is InChI=1S/C56H38N2.C42H30N2.C24H16N2.C11H8N.CH3B3NP.Ir/c1-2-16-45(17-3-1)58-55-23-9-8-20-53(55)54-38-44(30-37-56(54)58)39-24-31-46(32-25-39)57(47-33-26-42(27-34-47)51-21-10-14-40-12-4-6-18-49(40)51)48-35-28-43(29-36-48)52-22-11-15-41-13-5-7-19-50(41)52;1-4-12-31(13-5-1)32-20-25-37(26-21-32)43(35-14-6-2-7-15-35)38-27-22-33(23-28-38)34-24-29-42-40(30-34)39-18-10-11-19-41(39)44(42)36-16-8-3-9-17-36;1-3-7-17(8-4-1)19-13-15-25-23-21(19)11-12-22-20(14-16-26-24(22)23)18-9-5-2-6-10-18;1-2-6-10(7-3-1)11-8-4-5-9-12-11;2-1-6(3,4)5;/h1-38H;1-30H;1-16H;1-6,8-9H;5H,1H2;/q;;;-1;;. The predicted molar refractivity (Wildman–Crippen MR) is 621 cm³/mol. The summed E-state index contributed by atoms with van der Waals surface area (Å²) >= 11 is 0. The number of nitrogens with one attached hydrogen (secondary N) is 1. The van der Waals surface area contributed by atoms with Crippen molar-refractivity contribution in [2.24, 2.45) is 0 Å². The van der Waals surface area contributed by atoms with Crippen LogP contribution in [0.15, 0.2) is 558 Å². The van der Waals surface area contributed by atoms with E-state index in [9.17, 15) is 0 Å². The molecule has 21 aromatic carbocycles. The molecule has 0 amide bonds. The van der Waals surface area contributed by atoms with Crippen molar-refractivity contribution in [3.63, 3.8) is 0 Å². The number of para-hydroxylation sites is 5. The van der Waals surface area contributed by atoms with Crippen LogP contribution in [0, 0.1) is 11.2 Å². The zero-order valence-electron chi connectivity index (χ0n) is 80.5. The molecule has 0 aliphatic carbocycles. The van der Waals surface area contributed by atoms with E-state index < -0.39 is 6.81 Å². The zero-order chi connectivity index (χ0) is 98.5. The van der Waals surface area contributed by atoms with Crippen LogP contribution < -0.4 is 9.80 Å². The largest absolute Gasteiger partial charge is 0.339 e. The Labute approximate surface area is 874 Å². The number of fused-ring (bicyclic) bond motifs is 11. The van der Waals surface area contributed by atoms with Crippen molar-refractivity contribution in [3.8, 4) is 101 Å². The molecule has 5 heterocycles. The minimum atomic E-state index is -2.37. The topological polar surface area (TPSA) is 78.9 Å². The van der Waals surface area contributed by atoms with Gasteiger partial charge in [-0.1, -0.05) is 370 Å². The molecule has 0 bridgehead atoms. The third kappa shape index (κ3) is 20.7. The number of anilines is 6. The van der Waals surface area contributed by atoms with Crippen molar-refractivity contribution in [1.82, 2.24) is 24.1 Å². The molecule has 0 saturated heterocycles. The number of rotatable bonds is 17. The quantitative estimate of drug-likeness (QED) is 0.0425. The molecule has 13 heteroatoms. The van der Waals surface area contributed by atoms with Crippen LogP contribution in [0.5, 0.6) is 0 Å². The third-order valence-electron chi connectivity index (χ3n) is 26.7. The minimum absolute atomic E-state index is 0. The van der Waals surface area contributed by atoms with Crippen molar-refractivity contribution in [3.05, 3.63) is 565 Å². The molecule has 0 aliphatic rings. The number of benzene rings is 21. The van der Waals surface area contributed by atoms with Crippen molar-refractivity contribution in [2.75, 3.05) is 15.9 Å². The summed E-state index contributed by atoms with van der Waals surface area (Å²) < 4.78 is 4.73. The number of nitrogens with zero attached hydrogens (tertiary/aromatic N) is 7. The molecule has 8 nitrogen and oxygen atoms in total. The second-order valence-electron chi connectivity index (χ2n) is 35.9. The van der Waals surface area contributed by atoms with E-state index in [0.29, 0.717) is 0 Å². The normalized spacial score (nSPS) is 11.1. The maximum Gasteiger partial charge on any atom is 0.119 e. The third-order valence-corrected chi connectivity index (χ3v) is 27.3. The molecular weight excluding hydrogens is 1980 g/mol. The molecule has 0 fully saturated rings. The van der Waals surface area contributed by atoms with E-state index in [-0.39, 0.29) is 26.2 Å². The SMILES string of the molecule is [B]CP([B])([B])=N.[Ir].[c-]1ccccc1-c1ccccn1.c1ccc(-c2ccc(N(c3ccccc3)c3ccc(-c4ccc5c(c4)c4ccccc4n5-c4ccccc4)cc3)cc2)cc1.c1ccc(-c2ccnc3c2ccc2c(-c4ccccc4)ccnc23)cc1.c1ccc(-n2c3ccccc3c3cc(-c4ccc(N(c5ccc(-c6cccc7ccccc67)cc5)c5ccc(-c6cccc7ccccc67)cc5)cc4)ccc32)cc1. The number of hydrogen-bond donors (Lipinski definition) is 1. The molecule has 0 aliphatic heterocycles. The maximum atomic E-state index is 6.72. The van der Waals surface area contributed by atoms with Crippen molar-refractivity contribution in [2.45, 2.75) is 0 Å². The first kappa shape index (κ1) is 95.6. The van der Waals surface area contributed by atoms with Gasteiger partial charge in [-0.2, -0.15) is 0 Å². The summed E-state index contributed by atoms with van der Waals surface area (Å²) in [5.74, 6) is 0. The molecule has 1 N–H and O–H groups in total. The van der Waals surface area contributed by atoms with E-state index in [1.54, 1.807) is 6.20 Å². The van der Waals surface area contributed by atoms with Crippen LogP contribution in [-0.4, -0.2) is 53.1 Å². The molecule has 0 unspecified atom stereocenters. The van der Waals surface area contributed by atoms with Crippen LogP contribution in [0.25, 0.3) is 187 Å². The van der Waals surface area contributed by atoms with Gasteiger partial charge in [-0.15, -0.1) is 42.7 Å². The molecule has 147 heavy (non-hydrogen) atoms. The van der Waals surface area contributed by atoms with Gasteiger partial charge in [-0.3, -0.25) is 9.97 Å². The van der Waals surface area contributed by atoms with Gasteiger partial charge in [-0.05, 0) is 257 Å². The van der Waals surface area contributed by atoms with Gasteiger partial charge in [0.15, 0.2) is 0 Å². The van der Waals surface area contributed by atoms with Gasteiger partial charge in [0.05, 0.1) is 40.9 Å². The fourth-order valence-corrected chi connectivity index (χ4v) is 19.7. The van der Waals surface area contributed by atoms with E-state index in [1.165, 1.54) is 154 Å². The van der Waals surface area contributed by atoms with E-state index in [2.05, 4.69) is 525 Å². The van der Waals surface area contributed by atoms with Crippen LogP contribution in [-0.2, 0) is 20.1 Å². The van der Waals surface area contributed by atoms with Crippen LogP contribution >= 0.6 is 6.81 Å². The number of hydrogen-bond acceptors (Lipinski definition) is 6. The first-order valence-corrected chi connectivity index (χ1v) is 51.1. The summed E-state index contributed by atoms with van der Waals surface area (Å²) in [5, 5.41) is 19.0. The summed E-state index contributed by atoms with van der Waals surface area (Å²) in [5.41, 5.74) is 34.6. The summed E-state index contributed by atoms with van der Waals surface area (Å²) in [4.78, 5) is 18.2. The maximum absolute atomic E-state index is 6.72. The van der Waals surface area contributed by atoms with E-state index >= 15 is 0 Å². The minimum Gasteiger partial charge on any atom is -0.339 e. The number of aromatic nitrogens is 5. The second kappa shape index (κ2) is 44.1. The van der Waals surface area contributed by atoms with E-state index in [4.69, 9.17) is 28.1 Å². The molecule has 0 spiro atoms. The summed E-state index contributed by atoms with van der Waals surface area (Å²) in [6.45, 7) is -2.37. The Hall–Kier alpha value is -17.6. The second-order valence-corrected chi connectivity index (χ2v) is 38.1. The molecule has 26 rings (SSSR count). The monoisotopic (exact) mass is 2070 g/mol. The summed E-state index contributed by atoms with van der Waals surface area (Å²) in [6, 6.07) is 195. The van der Waals surface area contributed by atoms with Gasteiger partial charge in [0.25, 0.3) is 0 Å². The van der Waals surface area contributed by atoms with Crippen LogP contribution in [0.3, 0.4) is 0 Å². The Morgan fingerprint density at radius 2 is 0.537 bits per heavy atom. The Morgan fingerprint density at radius 3 is 0.925 bits per heavy atom. The molecule has 26 aromatic rings. The van der Waals surface area contributed by atoms with E-state index in [0.717, 1.165) is 67.2 Å². The van der Waals surface area contributed by atoms with Crippen LogP contribution in [0.2, 0.25) is 0 Å². The summed E-state index contributed by atoms with van der Waals surface area (Å²) in [6.07, 6.45) is 5.54. The van der Waals surface area contributed by atoms with Crippen molar-refractivity contribution in [1.29, 1.82) is 5.16 Å². The van der Waals surface area contributed by atoms with Gasteiger partial charge < -0.3 is 29.1 Å². The van der Waals surface area contributed by atoms with Crippen LogP contribution in [0.1, 0.15) is 0 Å². The summed E-state index contributed by atoms with van der Waals surface area (Å²) in [7, 11) is 14.8. The predicted octanol–water partition coefficient (Wildman–Crippen LogP) is 35.9. The molecule has 7 radical (unpaired) electrons. The van der Waals surface area contributed by atoms with Gasteiger partial charge in [0.2, 0.25) is 0 Å². The van der Waals surface area contributed by atoms with Gasteiger partial charge in [0, 0.05) is 117 Å². The average Bonchev–Trinajstić information content (AvgIpc) is 1.68. The molecular formula is C134H95B3IrN8P-. The van der Waals surface area contributed by atoms with Gasteiger partial charge in [-0.25, -0.2) is 0 Å². The van der Waals surface area contributed by atoms with Gasteiger partial charge in [0.1, 0.15) is 15.1 Å². The molecule has 695 valence electrons. The first-order valence-electron chi connectivity index (χ1n) is 49.0. The fourth-order valence-electron chi connectivity index (χ4n) is 19.7. The van der Waals surface area contributed by atoms with E-state index in [1.807, 2.05) is 67.0 Å². The van der Waals surface area contributed by atoms with Gasteiger partial charge >= 0.3 is 0 Å². The Bertz CT molecular complexity index is 8830. The molecule has 5 aromatic heterocycles. The number of pyridine rings is 3. The average molecular weight is 2070 g/mol. The molecule has 0 atom stereocenters. The Balaban J connectivity index is 0.000000124. The van der Waals surface area contributed by atoms with Crippen molar-refractivity contribution >= 4 is 151 Å². The zero-order valence-corrected chi connectivity index (χ0v) is 83.8. The van der Waals surface area contributed by atoms with Crippen LogP contribution in [0.4, 0.5) is 34.1 Å². The first-order chi connectivity index (χ1) is 72.0. The van der Waals surface area contributed by atoms with Crippen molar-refractivity contribution < 1.29 is 20.1 Å². The molecule has 0 saturated carbocycles. The Morgan fingerprint density at radius 1 is 0.238 bits per heavy atom. The fraction of sp³-hybridized carbons (Fsp3) is 0.00746. The Kier molecular flexibility index (Phi) is 28.7.